The first kappa shape index (κ1) is 26.2. The summed E-state index contributed by atoms with van der Waals surface area (Å²) in [6.45, 7) is 1.84. The molecule has 4 aromatic heterocycles. The van der Waals surface area contributed by atoms with Crippen LogP contribution in [-0.2, 0) is 10.0 Å². The zero-order chi connectivity index (χ0) is 27.9. The highest BCUT2D eigenvalue weighted by molar-refractivity contribution is 7.90. The minimum absolute atomic E-state index is 0.0723. The van der Waals surface area contributed by atoms with Gasteiger partial charge in [0.05, 0.1) is 28.8 Å². The summed E-state index contributed by atoms with van der Waals surface area (Å²) in [5.41, 5.74) is 0.927. The van der Waals surface area contributed by atoms with Crippen molar-refractivity contribution in [2.75, 3.05) is 10.6 Å². The second-order valence-corrected chi connectivity index (χ2v) is 12.5. The third kappa shape index (κ3) is 5.49. The maximum atomic E-state index is 14.6. The molecule has 3 N–H and O–H groups in total. The normalized spacial score (nSPS) is 21.2. The molecule has 40 heavy (non-hydrogen) atoms. The van der Waals surface area contributed by atoms with Crippen LogP contribution in [0.3, 0.4) is 0 Å². The van der Waals surface area contributed by atoms with Gasteiger partial charge in [0, 0.05) is 48.1 Å². The molecule has 4 heterocycles. The molecule has 0 radical (unpaired) electrons. The summed E-state index contributed by atoms with van der Waals surface area (Å²) in [5.74, 6) is 0.459. The number of halogens is 1. The van der Waals surface area contributed by atoms with E-state index in [4.69, 9.17) is 0 Å². The third-order valence-corrected chi connectivity index (χ3v) is 9.21. The van der Waals surface area contributed by atoms with E-state index in [1.807, 2.05) is 6.92 Å². The Morgan fingerprint density at radius 3 is 2.55 bits per heavy atom. The van der Waals surface area contributed by atoms with Gasteiger partial charge < -0.3 is 15.7 Å². The van der Waals surface area contributed by atoms with Gasteiger partial charge >= 0.3 is 0 Å². The fourth-order valence-electron chi connectivity index (χ4n) is 4.71. The van der Waals surface area contributed by atoms with E-state index in [0.29, 0.717) is 60.0 Å². The Bertz CT molecular complexity index is 1650. The van der Waals surface area contributed by atoms with Crippen LogP contribution in [0.4, 0.5) is 21.7 Å². The number of hydrogen-bond acceptors (Lipinski definition) is 11. The van der Waals surface area contributed by atoms with E-state index < -0.39 is 21.6 Å². The molecule has 0 saturated heterocycles. The topological polar surface area (TPSA) is 161 Å². The van der Waals surface area contributed by atoms with Crippen LogP contribution in [0.1, 0.15) is 45.4 Å². The molecular formula is C26H28FN9O3S. The fraction of sp³-hybridized carbons (Fsp3) is 0.385. The maximum absolute atomic E-state index is 14.6. The van der Waals surface area contributed by atoms with Gasteiger partial charge in [0.2, 0.25) is 5.95 Å². The highest BCUT2D eigenvalue weighted by Gasteiger charge is 2.37. The first-order valence-electron chi connectivity index (χ1n) is 13.0. The molecule has 4 aromatic rings. The molecule has 0 atom stereocenters. The molecule has 14 heteroatoms. The van der Waals surface area contributed by atoms with Crippen LogP contribution < -0.4 is 10.6 Å². The van der Waals surface area contributed by atoms with Gasteiger partial charge in [-0.05, 0) is 51.5 Å². The quantitative estimate of drug-likeness (QED) is 0.287. The van der Waals surface area contributed by atoms with Crippen LogP contribution in [0, 0.1) is 5.95 Å². The molecule has 12 nitrogen and oxygen atoms in total. The van der Waals surface area contributed by atoms with Crippen molar-refractivity contribution in [3.8, 4) is 22.6 Å². The van der Waals surface area contributed by atoms with Gasteiger partial charge in [0.1, 0.15) is 17.3 Å². The lowest BCUT2D eigenvalue weighted by Gasteiger charge is -2.34. The fourth-order valence-corrected chi connectivity index (χ4v) is 6.19. The highest BCUT2D eigenvalue weighted by Crippen LogP contribution is 2.35. The first-order valence-corrected chi connectivity index (χ1v) is 14.5. The summed E-state index contributed by atoms with van der Waals surface area (Å²) in [6, 6.07) is 3.48. The van der Waals surface area contributed by atoms with E-state index in [1.54, 1.807) is 18.3 Å². The summed E-state index contributed by atoms with van der Waals surface area (Å²) in [6.07, 6.45) is 12.7. The van der Waals surface area contributed by atoms with Crippen LogP contribution in [0.25, 0.3) is 22.6 Å². The average Bonchev–Trinajstić information content (AvgIpc) is 3.68. The molecule has 0 aliphatic heterocycles. The molecule has 2 aliphatic carbocycles. The molecule has 208 valence electrons. The van der Waals surface area contributed by atoms with E-state index in [9.17, 15) is 17.9 Å². The van der Waals surface area contributed by atoms with Gasteiger partial charge in [-0.3, -0.25) is 0 Å². The van der Waals surface area contributed by atoms with Crippen molar-refractivity contribution >= 4 is 27.3 Å². The van der Waals surface area contributed by atoms with E-state index in [1.165, 1.54) is 31.0 Å². The van der Waals surface area contributed by atoms with E-state index in [2.05, 4.69) is 40.7 Å². The minimum Gasteiger partial charge on any atom is -0.390 e. The number of aliphatic hydroxyl groups is 1. The Morgan fingerprint density at radius 1 is 1.02 bits per heavy atom. The predicted molar refractivity (Wildman–Crippen MR) is 146 cm³/mol. The summed E-state index contributed by atoms with van der Waals surface area (Å²) in [5, 5.41) is 20.6. The number of pyridine rings is 1. The molecule has 2 fully saturated rings. The van der Waals surface area contributed by atoms with Crippen molar-refractivity contribution in [2.45, 2.75) is 62.3 Å². The lowest BCUT2D eigenvalue weighted by atomic mass is 9.83. The Morgan fingerprint density at radius 2 is 1.80 bits per heavy atom. The van der Waals surface area contributed by atoms with Gasteiger partial charge in [-0.2, -0.15) is 13.6 Å². The molecule has 0 aromatic carbocycles. The van der Waals surface area contributed by atoms with Crippen molar-refractivity contribution < 1.29 is 17.9 Å². The van der Waals surface area contributed by atoms with Crippen LogP contribution in [0.2, 0.25) is 0 Å². The van der Waals surface area contributed by atoms with E-state index in [-0.39, 0.29) is 17.0 Å². The first-order chi connectivity index (χ1) is 19.2. The van der Waals surface area contributed by atoms with Crippen molar-refractivity contribution in [2.24, 2.45) is 0 Å². The van der Waals surface area contributed by atoms with Gasteiger partial charge in [-0.15, -0.1) is 0 Å². The zero-order valence-corrected chi connectivity index (χ0v) is 22.5. The van der Waals surface area contributed by atoms with Crippen LogP contribution in [0.5, 0.6) is 0 Å². The molecule has 0 unspecified atom stereocenters. The summed E-state index contributed by atoms with van der Waals surface area (Å²) >= 11 is 0. The van der Waals surface area contributed by atoms with E-state index >= 15 is 0 Å². The highest BCUT2D eigenvalue weighted by atomic mass is 32.2. The van der Waals surface area contributed by atoms with E-state index in [0.717, 1.165) is 16.9 Å². The second-order valence-electron chi connectivity index (χ2n) is 10.5. The van der Waals surface area contributed by atoms with Gasteiger partial charge in [-0.1, -0.05) is 0 Å². The Balaban J connectivity index is 1.27. The number of anilines is 3. The molecule has 2 saturated carbocycles. The summed E-state index contributed by atoms with van der Waals surface area (Å²) in [7, 11) is -3.50. The molecule has 6 rings (SSSR count). The van der Waals surface area contributed by atoms with Gasteiger partial charge in [0.15, 0.2) is 5.82 Å². The number of nitrogens with zero attached hydrogens (tertiary/aromatic N) is 7. The summed E-state index contributed by atoms with van der Waals surface area (Å²) < 4.78 is 40.5. The monoisotopic (exact) mass is 565 g/mol. The predicted octanol–water partition coefficient (Wildman–Crippen LogP) is 3.52. The molecule has 0 spiro atoms. The smallest absolute Gasteiger partial charge is 0.256 e. The number of rotatable bonds is 8. The summed E-state index contributed by atoms with van der Waals surface area (Å²) in [4.78, 5) is 21.1. The number of aromatic nitrogens is 7. The molecule has 0 amide bonds. The Hall–Kier alpha value is -4.04. The van der Waals surface area contributed by atoms with Crippen molar-refractivity contribution in [1.29, 1.82) is 0 Å². The largest absolute Gasteiger partial charge is 0.390 e. The molecule has 0 bridgehead atoms. The van der Waals surface area contributed by atoms with Crippen molar-refractivity contribution in [3.05, 3.63) is 55.3 Å². The average molecular weight is 566 g/mol. The lowest BCUT2D eigenvalue weighted by molar-refractivity contribution is 0.0196. The number of nitrogens with one attached hydrogen (secondary N) is 2. The zero-order valence-electron chi connectivity index (χ0n) is 21.7. The van der Waals surface area contributed by atoms with Crippen LogP contribution >= 0.6 is 0 Å². The Kier molecular flexibility index (Phi) is 6.66. The van der Waals surface area contributed by atoms with Gasteiger partial charge in [-0.25, -0.2) is 33.3 Å². The van der Waals surface area contributed by atoms with Crippen molar-refractivity contribution in [3.63, 3.8) is 0 Å². The Labute approximate surface area is 230 Å². The number of hydrogen-bond donors (Lipinski definition) is 3. The van der Waals surface area contributed by atoms with Crippen LogP contribution in [0.15, 0.2) is 49.3 Å². The maximum Gasteiger partial charge on any atom is 0.256 e. The van der Waals surface area contributed by atoms with Gasteiger partial charge in [0.25, 0.3) is 10.0 Å². The molecule has 2 aliphatic rings. The lowest BCUT2D eigenvalue weighted by Crippen LogP contribution is -2.35. The second kappa shape index (κ2) is 10.2. The van der Waals surface area contributed by atoms with Crippen molar-refractivity contribution in [1.82, 2.24) is 34.1 Å². The minimum atomic E-state index is -3.50. The SMILES string of the molecule is CC1(O)CCC(Nc2cc(Nc3ccnc(-c4cnn(S(=O)(=O)C5CC5)c4)n3)ncc2-c2nccnc2F)CC1. The third-order valence-electron chi connectivity index (χ3n) is 7.17. The standard InChI is InChI=1S/C26H28FN9O3S/c1-26(37)7-4-17(5-8-26)33-20-12-22(31-14-19(20)23-24(27)29-11-10-28-23)34-21-6-9-30-25(35-21)16-13-32-36(15-16)40(38,39)18-2-3-18/h6,9-15,17-18,37H,2-5,7-8H2,1H3,(H2,30,31,33,34,35). The van der Waals surface area contributed by atoms with Crippen LogP contribution in [-0.4, -0.2) is 64.5 Å². The molecular weight excluding hydrogens is 537 g/mol.